The molecule has 5 rings (SSSR count). The zero-order chi connectivity index (χ0) is 22.1. The van der Waals surface area contributed by atoms with Crippen LogP contribution in [0.4, 0.5) is 4.79 Å². The Hall–Kier alpha value is -3.20. The number of ether oxygens (including phenoxy) is 3. The van der Waals surface area contributed by atoms with Crippen molar-refractivity contribution in [3.63, 3.8) is 0 Å². The summed E-state index contributed by atoms with van der Waals surface area (Å²) in [6, 6.07) is 5.97. The van der Waals surface area contributed by atoms with Crippen molar-refractivity contribution < 1.29 is 19.0 Å². The van der Waals surface area contributed by atoms with Crippen molar-refractivity contribution in [1.29, 1.82) is 0 Å². The third-order valence-corrected chi connectivity index (χ3v) is 5.86. The molecule has 2 aliphatic heterocycles. The molecule has 1 aromatic carbocycles. The van der Waals surface area contributed by atoms with Gasteiger partial charge in [0, 0.05) is 25.0 Å². The first-order chi connectivity index (χ1) is 15.6. The topological polar surface area (TPSA) is 100 Å². The molecule has 4 bridgehead atoms. The van der Waals surface area contributed by atoms with Crippen LogP contribution in [0.5, 0.6) is 5.75 Å². The molecule has 4 heterocycles. The maximum atomic E-state index is 12.2. The average molecular weight is 438 g/mol. The van der Waals surface area contributed by atoms with E-state index >= 15 is 0 Å². The Morgan fingerprint density at radius 3 is 2.88 bits per heavy atom. The largest absolute Gasteiger partial charge is 0.491 e. The molecule has 1 amide bonds. The molecular weight excluding hydrogens is 410 g/mol. The number of benzene rings is 1. The number of amides is 1. The Morgan fingerprint density at radius 2 is 2.03 bits per heavy atom. The third kappa shape index (κ3) is 4.12. The quantitative estimate of drug-likeness (QED) is 0.610. The molecule has 1 saturated heterocycles. The Morgan fingerprint density at radius 1 is 1.12 bits per heavy atom. The number of carbonyl (C=O) groups excluding carboxylic acids is 1. The van der Waals surface area contributed by atoms with Crippen LogP contribution in [-0.2, 0) is 9.47 Å². The highest BCUT2D eigenvalue weighted by Gasteiger charge is 2.24. The number of rotatable bonds is 1. The minimum Gasteiger partial charge on any atom is -0.491 e. The number of nitrogens with zero attached hydrogens (tertiary/aromatic N) is 4. The molecule has 1 fully saturated rings. The summed E-state index contributed by atoms with van der Waals surface area (Å²) in [5.41, 5.74) is 2.83. The van der Waals surface area contributed by atoms with E-state index in [0.29, 0.717) is 30.0 Å². The molecule has 0 saturated carbocycles. The summed E-state index contributed by atoms with van der Waals surface area (Å²) in [6.45, 7) is 4.93. The smallest absolute Gasteiger partial charge is 0.407 e. The zero-order valence-electron chi connectivity index (χ0n) is 18.3. The monoisotopic (exact) mass is 437 g/mol. The van der Waals surface area contributed by atoms with Crippen molar-refractivity contribution in [3.05, 3.63) is 36.3 Å². The summed E-state index contributed by atoms with van der Waals surface area (Å²) >= 11 is 0. The Labute approximate surface area is 186 Å². The molecule has 2 aromatic heterocycles. The maximum Gasteiger partial charge on any atom is 0.407 e. The summed E-state index contributed by atoms with van der Waals surface area (Å²) in [7, 11) is 0. The molecule has 9 heteroatoms. The van der Waals surface area contributed by atoms with E-state index in [-0.39, 0.29) is 12.3 Å². The molecule has 1 unspecified atom stereocenters. The number of nitrogens with one attached hydrogen (secondary N) is 1. The number of fused-ring (bicyclic) bond motifs is 4. The molecule has 0 spiro atoms. The number of alkyl carbamates (subject to hydrolysis) is 1. The molecule has 0 radical (unpaired) electrons. The lowest BCUT2D eigenvalue weighted by Gasteiger charge is -2.23. The molecule has 2 aliphatic rings. The standard InChI is InChI=1S/C23H27N5O4/c1-14-8-9-25-23(29)32-15(2)18-12-24-13-19(26-18)22-17-11-16(31-14)6-7-20(17)28(27-22)21-5-3-4-10-30-21/h6-7,11-15,21H,3-5,8-10H2,1-2H3,(H,25,29)/t14-,15+,21?/m1/s1. The van der Waals surface area contributed by atoms with Crippen LogP contribution in [-0.4, -0.2) is 45.1 Å². The lowest BCUT2D eigenvalue weighted by molar-refractivity contribution is -0.0365. The van der Waals surface area contributed by atoms with Gasteiger partial charge < -0.3 is 19.5 Å². The first-order valence-electron chi connectivity index (χ1n) is 11.2. The van der Waals surface area contributed by atoms with Crippen LogP contribution in [0.1, 0.15) is 57.6 Å². The number of hydrogen-bond donors (Lipinski definition) is 1. The Bertz CT molecular complexity index is 1120. The predicted molar refractivity (Wildman–Crippen MR) is 117 cm³/mol. The van der Waals surface area contributed by atoms with Gasteiger partial charge in [0.15, 0.2) is 6.23 Å². The fourth-order valence-corrected chi connectivity index (χ4v) is 4.14. The second kappa shape index (κ2) is 8.74. The highest BCUT2D eigenvalue weighted by Crippen LogP contribution is 2.34. The second-order valence-corrected chi connectivity index (χ2v) is 8.31. The van der Waals surface area contributed by atoms with Gasteiger partial charge in [0.2, 0.25) is 0 Å². The number of cyclic esters (lactones) is 1. The van der Waals surface area contributed by atoms with Crippen LogP contribution in [0.3, 0.4) is 0 Å². The number of carbonyl (C=O) groups is 1. The maximum absolute atomic E-state index is 12.2. The van der Waals surface area contributed by atoms with Gasteiger partial charge in [-0.25, -0.2) is 14.5 Å². The van der Waals surface area contributed by atoms with Crippen molar-refractivity contribution in [2.24, 2.45) is 0 Å². The van der Waals surface area contributed by atoms with Crippen molar-refractivity contribution in [3.8, 4) is 17.1 Å². The zero-order valence-corrected chi connectivity index (χ0v) is 18.3. The van der Waals surface area contributed by atoms with Gasteiger partial charge in [0.1, 0.15) is 23.2 Å². The number of aromatic nitrogens is 4. The first-order valence-corrected chi connectivity index (χ1v) is 11.2. The summed E-state index contributed by atoms with van der Waals surface area (Å²) in [5, 5.41) is 8.60. The van der Waals surface area contributed by atoms with Gasteiger partial charge in [0.25, 0.3) is 0 Å². The van der Waals surface area contributed by atoms with E-state index in [1.165, 1.54) is 0 Å². The molecular formula is C23H27N5O4. The predicted octanol–water partition coefficient (Wildman–Crippen LogP) is 4.15. The molecule has 0 aliphatic carbocycles. The van der Waals surface area contributed by atoms with Gasteiger partial charge in [-0.05, 0) is 51.3 Å². The molecule has 1 N–H and O–H groups in total. The van der Waals surface area contributed by atoms with Crippen LogP contribution in [0, 0.1) is 0 Å². The van der Waals surface area contributed by atoms with E-state index in [4.69, 9.17) is 24.3 Å². The van der Waals surface area contributed by atoms with Crippen LogP contribution in [0.15, 0.2) is 30.6 Å². The third-order valence-electron chi connectivity index (χ3n) is 5.86. The van der Waals surface area contributed by atoms with E-state index < -0.39 is 12.2 Å². The number of hydrogen-bond acceptors (Lipinski definition) is 7. The fourth-order valence-electron chi connectivity index (χ4n) is 4.14. The van der Waals surface area contributed by atoms with E-state index in [9.17, 15) is 4.79 Å². The summed E-state index contributed by atoms with van der Waals surface area (Å²) < 4.78 is 19.6. The van der Waals surface area contributed by atoms with E-state index in [1.807, 2.05) is 29.8 Å². The van der Waals surface area contributed by atoms with Crippen molar-refractivity contribution in [1.82, 2.24) is 25.1 Å². The SMILES string of the molecule is C[C@@H]1CCNC(=O)O[C@@H](C)c2cncc(n2)-c2nn(C3CCCCO3)c3ccc(cc23)O1. The lowest BCUT2D eigenvalue weighted by atomic mass is 10.1. The molecule has 9 nitrogen and oxygen atoms in total. The van der Waals surface area contributed by atoms with Crippen molar-refractivity contribution in [2.45, 2.75) is 58.0 Å². The molecule has 32 heavy (non-hydrogen) atoms. The van der Waals surface area contributed by atoms with Crippen LogP contribution < -0.4 is 10.1 Å². The van der Waals surface area contributed by atoms with Gasteiger partial charge in [-0.1, -0.05) is 0 Å². The minimum atomic E-state index is -0.549. The summed E-state index contributed by atoms with van der Waals surface area (Å²) in [5.74, 6) is 0.741. The van der Waals surface area contributed by atoms with Gasteiger partial charge in [0.05, 0.1) is 29.7 Å². The average Bonchev–Trinajstić information content (AvgIpc) is 3.18. The Kier molecular flexibility index (Phi) is 5.65. The Balaban J connectivity index is 1.65. The van der Waals surface area contributed by atoms with E-state index in [0.717, 1.165) is 42.5 Å². The normalized spacial score (nSPS) is 24.2. The summed E-state index contributed by atoms with van der Waals surface area (Å²) in [6.07, 6.45) is 5.78. The van der Waals surface area contributed by atoms with Crippen molar-refractivity contribution in [2.75, 3.05) is 13.2 Å². The van der Waals surface area contributed by atoms with Crippen molar-refractivity contribution >= 4 is 17.0 Å². The van der Waals surface area contributed by atoms with Gasteiger partial charge in [-0.2, -0.15) is 5.10 Å². The van der Waals surface area contributed by atoms with Gasteiger partial charge in [-0.3, -0.25) is 4.98 Å². The second-order valence-electron chi connectivity index (χ2n) is 8.31. The fraction of sp³-hybridized carbons (Fsp3) is 0.478. The van der Waals surface area contributed by atoms with Gasteiger partial charge in [-0.15, -0.1) is 0 Å². The first kappa shape index (κ1) is 20.7. The highest BCUT2D eigenvalue weighted by atomic mass is 16.6. The van der Waals surface area contributed by atoms with Crippen LogP contribution in [0.25, 0.3) is 22.3 Å². The molecule has 3 atom stereocenters. The molecule has 168 valence electrons. The van der Waals surface area contributed by atoms with E-state index in [1.54, 1.807) is 19.3 Å². The van der Waals surface area contributed by atoms with Gasteiger partial charge >= 0.3 is 6.09 Å². The summed E-state index contributed by atoms with van der Waals surface area (Å²) in [4.78, 5) is 21.2. The van der Waals surface area contributed by atoms with Crippen LogP contribution in [0.2, 0.25) is 0 Å². The minimum absolute atomic E-state index is 0.0867. The van der Waals surface area contributed by atoms with Crippen LogP contribution >= 0.6 is 0 Å². The highest BCUT2D eigenvalue weighted by molar-refractivity contribution is 5.93. The lowest BCUT2D eigenvalue weighted by Crippen LogP contribution is -2.29. The van der Waals surface area contributed by atoms with E-state index in [2.05, 4.69) is 10.3 Å². The molecule has 3 aromatic rings.